The van der Waals surface area contributed by atoms with Crippen molar-refractivity contribution in [1.82, 2.24) is 5.23 Å². The molecule has 0 fully saturated rings. The molecule has 1 aromatic carbocycles. The van der Waals surface area contributed by atoms with Crippen molar-refractivity contribution in [1.29, 1.82) is 0 Å². The molecule has 9 heteroatoms. The first-order valence-electron chi connectivity index (χ1n) is 5.24. The Hall–Kier alpha value is -1.28. The highest BCUT2D eigenvalue weighted by molar-refractivity contribution is 7.46. The summed E-state index contributed by atoms with van der Waals surface area (Å²) in [5.74, 6) is -1.35. The van der Waals surface area contributed by atoms with Crippen LogP contribution in [0.4, 0.5) is 0 Å². The molecule has 0 aromatic heterocycles. The maximum atomic E-state index is 10.8. The fourth-order valence-corrected chi connectivity index (χ4v) is 1.51. The maximum Gasteiger partial charge on any atom is 0.488 e. The van der Waals surface area contributed by atoms with E-state index in [4.69, 9.17) is 19.7 Å². The van der Waals surface area contributed by atoms with Crippen molar-refractivity contribution < 1.29 is 33.7 Å². The van der Waals surface area contributed by atoms with Gasteiger partial charge < -0.3 is 14.9 Å². The largest absolute Gasteiger partial charge is 0.488 e. The van der Waals surface area contributed by atoms with E-state index >= 15 is 0 Å². The van der Waals surface area contributed by atoms with Crippen LogP contribution in [0.25, 0.3) is 0 Å². The number of rotatable bonds is 7. The third-order valence-electron chi connectivity index (χ3n) is 2.06. The van der Waals surface area contributed by atoms with Crippen LogP contribution in [0, 0.1) is 0 Å². The van der Waals surface area contributed by atoms with Gasteiger partial charge in [-0.2, -0.15) is 4.62 Å². The first-order valence-corrected chi connectivity index (χ1v) is 6.77. The van der Waals surface area contributed by atoms with Gasteiger partial charge in [0.2, 0.25) is 0 Å². The summed E-state index contributed by atoms with van der Waals surface area (Å²) in [5, 5.41) is 9.08. The summed E-state index contributed by atoms with van der Waals surface area (Å²) in [4.78, 5) is 33.1. The van der Waals surface area contributed by atoms with Crippen LogP contribution in [-0.4, -0.2) is 32.1 Å². The Bertz CT molecular complexity index is 460. The monoisotopic (exact) mass is 291 g/mol. The Morgan fingerprint density at radius 2 is 1.95 bits per heavy atom. The van der Waals surface area contributed by atoms with Crippen LogP contribution in [0.3, 0.4) is 0 Å². The number of hydrogen-bond acceptors (Lipinski definition) is 5. The predicted molar refractivity (Wildman–Crippen MR) is 63.3 cm³/mol. The molecule has 0 aliphatic heterocycles. The van der Waals surface area contributed by atoms with Gasteiger partial charge in [0, 0.05) is 0 Å². The van der Waals surface area contributed by atoms with Crippen molar-refractivity contribution in [2.45, 2.75) is 19.6 Å². The van der Waals surface area contributed by atoms with Crippen LogP contribution in [0.2, 0.25) is 0 Å². The van der Waals surface area contributed by atoms with Crippen LogP contribution in [-0.2, 0) is 25.4 Å². The average molecular weight is 291 g/mol. The van der Waals surface area contributed by atoms with Crippen molar-refractivity contribution in [2.24, 2.45) is 0 Å². The molecule has 1 rings (SSSR count). The number of hydrogen-bond donors (Lipinski definition) is 3. The number of benzene rings is 1. The number of carbonyl (C=O) groups is 1. The van der Waals surface area contributed by atoms with Crippen LogP contribution in [0.15, 0.2) is 30.3 Å². The molecule has 8 nitrogen and oxygen atoms in total. The van der Waals surface area contributed by atoms with E-state index in [-0.39, 0.29) is 11.8 Å². The molecule has 0 radical (unpaired) electrons. The fraction of sp³-hybridized carbons (Fsp3) is 0.300. The van der Waals surface area contributed by atoms with Crippen molar-refractivity contribution in [3.63, 3.8) is 0 Å². The summed E-state index contributed by atoms with van der Waals surface area (Å²) < 4.78 is 14.9. The smallest absolute Gasteiger partial charge is 0.480 e. The number of hydroxylamine groups is 2. The molecule has 0 spiro atoms. The van der Waals surface area contributed by atoms with E-state index in [2.05, 4.69) is 4.62 Å². The molecule has 0 heterocycles. The third-order valence-corrected chi connectivity index (χ3v) is 2.44. The predicted octanol–water partition coefficient (Wildman–Crippen LogP) is 0.918. The van der Waals surface area contributed by atoms with Crippen molar-refractivity contribution in [2.75, 3.05) is 0 Å². The molecule has 106 valence electrons. The zero-order valence-corrected chi connectivity index (χ0v) is 10.9. The summed E-state index contributed by atoms with van der Waals surface area (Å²) >= 11 is 0. The lowest BCUT2D eigenvalue weighted by Crippen LogP contribution is -2.38. The molecule has 0 aliphatic carbocycles. The highest BCUT2D eigenvalue weighted by atomic mass is 31.2. The second-order valence-corrected chi connectivity index (χ2v) is 4.78. The van der Waals surface area contributed by atoms with Gasteiger partial charge in [0.15, 0.2) is 6.04 Å². The number of aliphatic carboxylic acids is 1. The molecule has 0 saturated heterocycles. The van der Waals surface area contributed by atoms with Gasteiger partial charge in [0.25, 0.3) is 0 Å². The summed E-state index contributed by atoms with van der Waals surface area (Å²) in [6.45, 7) is 1.08. The van der Waals surface area contributed by atoms with Gasteiger partial charge >= 0.3 is 13.8 Å². The zero-order chi connectivity index (χ0) is 14.5. The van der Waals surface area contributed by atoms with E-state index in [1.54, 1.807) is 30.3 Å². The Morgan fingerprint density at radius 1 is 1.37 bits per heavy atom. The summed E-state index contributed by atoms with van der Waals surface area (Å²) in [7, 11) is -4.90. The van der Waals surface area contributed by atoms with Gasteiger partial charge in [-0.3, -0.25) is 9.63 Å². The average Bonchev–Trinajstić information content (AvgIpc) is 2.33. The van der Waals surface area contributed by atoms with E-state index in [1.807, 2.05) is 0 Å². The van der Waals surface area contributed by atoms with Crippen LogP contribution in [0.1, 0.15) is 12.5 Å². The standard InChI is InChI=1S/C10H14NO7P/c1-8(10(12)13)11(18-19(14,15)16)17-7-9-5-3-2-4-6-9/h2-6,8H,7H2,1H3,(H,12,13)(H2,14,15,16)/t8-/m0/s1. The molecule has 3 N–H and O–H groups in total. The topological polar surface area (TPSA) is 117 Å². The molecule has 1 aromatic rings. The molecule has 1 atom stereocenters. The first kappa shape index (κ1) is 15.8. The number of carboxylic acids is 1. The molecule has 0 amide bonds. The summed E-state index contributed by atoms with van der Waals surface area (Å²) in [6, 6.07) is 7.31. The summed E-state index contributed by atoms with van der Waals surface area (Å²) in [6.07, 6.45) is 0. The lowest BCUT2D eigenvalue weighted by molar-refractivity contribution is -0.346. The second-order valence-electron chi connectivity index (χ2n) is 3.63. The van der Waals surface area contributed by atoms with Gasteiger partial charge in [0.05, 0.1) is 6.61 Å². The molecule has 0 saturated carbocycles. The van der Waals surface area contributed by atoms with Crippen LogP contribution < -0.4 is 0 Å². The maximum absolute atomic E-state index is 10.8. The fourth-order valence-electron chi connectivity index (χ4n) is 1.11. The molecule has 19 heavy (non-hydrogen) atoms. The minimum atomic E-state index is -4.90. The van der Waals surface area contributed by atoms with Gasteiger partial charge in [-0.05, 0) is 17.7 Å². The number of carboxylic acid groups (broad SMARTS) is 1. The highest BCUT2D eigenvalue weighted by Crippen LogP contribution is 2.38. The molecule has 0 aliphatic rings. The Labute approximate surface area is 109 Å². The molecular weight excluding hydrogens is 277 g/mol. The highest BCUT2D eigenvalue weighted by Gasteiger charge is 2.30. The molecular formula is C10H14NO7P. The normalized spacial score (nSPS) is 13.5. The quantitative estimate of drug-likeness (QED) is 0.501. The SMILES string of the molecule is C[C@@H](C(=O)O)N(OCc1ccccc1)OP(=O)(O)O. The van der Waals surface area contributed by atoms with E-state index in [9.17, 15) is 9.36 Å². The number of nitrogens with zero attached hydrogens (tertiary/aromatic N) is 1. The lowest BCUT2D eigenvalue weighted by atomic mass is 10.2. The minimum absolute atomic E-state index is 0.0849. The zero-order valence-electron chi connectivity index (χ0n) is 10.0. The molecule has 0 unspecified atom stereocenters. The lowest BCUT2D eigenvalue weighted by Gasteiger charge is -2.23. The van der Waals surface area contributed by atoms with Gasteiger partial charge in [-0.25, -0.2) is 4.57 Å². The Kier molecular flexibility index (Phi) is 5.61. The first-order chi connectivity index (χ1) is 8.79. The van der Waals surface area contributed by atoms with Crippen molar-refractivity contribution >= 4 is 13.8 Å². The Balaban J connectivity index is 2.69. The minimum Gasteiger partial charge on any atom is -0.480 e. The Morgan fingerprint density at radius 3 is 2.42 bits per heavy atom. The number of phosphoric acid groups is 1. The van der Waals surface area contributed by atoms with Gasteiger partial charge in [-0.1, -0.05) is 30.3 Å². The van der Waals surface area contributed by atoms with E-state index in [1.165, 1.54) is 6.92 Å². The van der Waals surface area contributed by atoms with E-state index in [0.29, 0.717) is 5.56 Å². The molecule has 0 bridgehead atoms. The van der Waals surface area contributed by atoms with Crippen LogP contribution in [0.5, 0.6) is 0 Å². The van der Waals surface area contributed by atoms with Gasteiger partial charge in [0.1, 0.15) is 0 Å². The van der Waals surface area contributed by atoms with Crippen molar-refractivity contribution in [3.8, 4) is 0 Å². The van der Waals surface area contributed by atoms with Gasteiger partial charge in [-0.15, -0.1) is 0 Å². The summed E-state index contributed by atoms with van der Waals surface area (Å²) in [5.41, 5.74) is 0.694. The van der Waals surface area contributed by atoms with E-state index < -0.39 is 19.8 Å². The van der Waals surface area contributed by atoms with Crippen LogP contribution >= 0.6 is 7.82 Å². The third kappa shape index (κ3) is 5.93. The van der Waals surface area contributed by atoms with E-state index in [0.717, 1.165) is 0 Å². The second kappa shape index (κ2) is 6.76. The van der Waals surface area contributed by atoms with Crippen molar-refractivity contribution in [3.05, 3.63) is 35.9 Å².